The van der Waals surface area contributed by atoms with E-state index in [1.54, 1.807) is 0 Å². The lowest BCUT2D eigenvalue weighted by Gasteiger charge is -2.20. The van der Waals surface area contributed by atoms with Crippen molar-refractivity contribution in [3.05, 3.63) is 29.8 Å². The number of nitrogens with one attached hydrogen (secondary N) is 1. The van der Waals surface area contributed by atoms with E-state index in [-0.39, 0.29) is 0 Å². The molecule has 0 saturated carbocycles. The van der Waals surface area contributed by atoms with Crippen LogP contribution >= 0.6 is 0 Å². The van der Waals surface area contributed by atoms with Gasteiger partial charge in [0.1, 0.15) is 0 Å². The molecule has 18 heavy (non-hydrogen) atoms. The lowest BCUT2D eigenvalue weighted by Crippen LogP contribution is -2.30. The molecule has 0 amide bonds. The molecule has 0 aliphatic carbocycles. The molecule has 1 unspecified atom stereocenters. The van der Waals surface area contributed by atoms with Gasteiger partial charge in [0.25, 0.3) is 0 Å². The molecule has 1 atom stereocenters. The third kappa shape index (κ3) is 3.49. The molecule has 1 saturated heterocycles. The average molecular weight is 246 g/mol. The lowest BCUT2D eigenvalue weighted by atomic mass is 10.1. The maximum absolute atomic E-state index is 3.56. The Bertz CT molecular complexity index is 373. The van der Waals surface area contributed by atoms with Crippen molar-refractivity contribution in [2.24, 2.45) is 5.92 Å². The zero-order valence-corrected chi connectivity index (χ0v) is 11.9. The standard InChI is InChI=1S/C16H26N2/c1-4-14-6-5-7-16(10-14)18-9-8-15(12-18)11-17-13(2)3/h5-7,10,13,15,17H,4,8-9,11-12H2,1-3H3. The maximum Gasteiger partial charge on any atom is 0.0369 e. The van der Waals surface area contributed by atoms with Crippen molar-refractivity contribution in [1.29, 1.82) is 0 Å². The fourth-order valence-corrected chi connectivity index (χ4v) is 2.61. The minimum Gasteiger partial charge on any atom is -0.371 e. The van der Waals surface area contributed by atoms with E-state index in [9.17, 15) is 0 Å². The van der Waals surface area contributed by atoms with Crippen molar-refractivity contribution in [2.45, 2.75) is 39.7 Å². The minimum atomic E-state index is 0.600. The van der Waals surface area contributed by atoms with Gasteiger partial charge in [-0.25, -0.2) is 0 Å². The van der Waals surface area contributed by atoms with Crippen molar-refractivity contribution >= 4 is 5.69 Å². The second-order valence-electron chi connectivity index (χ2n) is 5.69. The molecule has 100 valence electrons. The first-order chi connectivity index (χ1) is 8.69. The van der Waals surface area contributed by atoms with E-state index in [1.807, 2.05) is 0 Å². The van der Waals surface area contributed by atoms with Crippen molar-refractivity contribution in [2.75, 3.05) is 24.5 Å². The smallest absolute Gasteiger partial charge is 0.0369 e. The van der Waals surface area contributed by atoms with Crippen LogP contribution in [-0.4, -0.2) is 25.7 Å². The van der Waals surface area contributed by atoms with Crippen LogP contribution in [0.2, 0.25) is 0 Å². The highest BCUT2D eigenvalue weighted by molar-refractivity contribution is 5.49. The van der Waals surface area contributed by atoms with Crippen LogP contribution in [-0.2, 0) is 6.42 Å². The van der Waals surface area contributed by atoms with Crippen LogP contribution in [0.5, 0.6) is 0 Å². The van der Waals surface area contributed by atoms with Crippen molar-refractivity contribution in [3.63, 3.8) is 0 Å². The van der Waals surface area contributed by atoms with Crippen LogP contribution < -0.4 is 10.2 Å². The third-order valence-corrected chi connectivity index (χ3v) is 3.78. The molecule has 2 rings (SSSR count). The van der Waals surface area contributed by atoms with E-state index in [0.29, 0.717) is 6.04 Å². The zero-order valence-electron chi connectivity index (χ0n) is 11.9. The zero-order chi connectivity index (χ0) is 13.0. The summed E-state index contributed by atoms with van der Waals surface area (Å²) in [4.78, 5) is 2.53. The molecule has 0 spiro atoms. The first kappa shape index (κ1) is 13.4. The van der Waals surface area contributed by atoms with Gasteiger partial charge in [-0.3, -0.25) is 0 Å². The summed E-state index contributed by atoms with van der Waals surface area (Å²) in [6, 6.07) is 9.60. The molecule has 1 aliphatic rings. The molecule has 2 heteroatoms. The van der Waals surface area contributed by atoms with Gasteiger partial charge in [0.05, 0.1) is 0 Å². The summed E-state index contributed by atoms with van der Waals surface area (Å²) in [6.45, 7) is 10.2. The van der Waals surface area contributed by atoms with E-state index in [2.05, 4.69) is 55.3 Å². The third-order valence-electron chi connectivity index (χ3n) is 3.78. The molecule has 1 heterocycles. The van der Waals surface area contributed by atoms with Gasteiger partial charge in [0, 0.05) is 24.8 Å². The van der Waals surface area contributed by atoms with Gasteiger partial charge in [0.15, 0.2) is 0 Å². The monoisotopic (exact) mass is 246 g/mol. The molecule has 1 aliphatic heterocycles. The van der Waals surface area contributed by atoms with Gasteiger partial charge in [0.2, 0.25) is 0 Å². The SMILES string of the molecule is CCc1cccc(N2CCC(CNC(C)C)C2)c1. The topological polar surface area (TPSA) is 15.3 Å². The quantitative estimate of drug-likeness (QED) is 0.859. The Hall–Kier alpha value is -1.02. The molecule has 1 aromatic rings. The van der Waals surface area contributed by atoms with Crippen molar-refractivity contribution in [3.8, 4) is 0 Å². The second kappa shape index (κ2) is 6.24. The van der Waals surface area contributed by atoms with E-state index < -0.39 is 0 Å². The van der Waals surface area contributed by atoms with Gasteiger partial charge in [-0.2, -0.15) is 0 Å². The summed E-state index contributed by atoms with van der Waals surface area (Å²) in [6.07, 6.45) is 2.44. The van der Waals surface area contributed by atoms with Gasteiger partial charge < -0.3 is 10.2 Å². The van der Waals surface area contributed by atoms with Crippen LogP contribution in [0.15, 0.2) is 24.3 Å². The summed E-state index contributed by atoms with van der Waals surface area (Å²) < 4.78 is 0. The molecule has 0 bridgehead atoms. The molecular weight excluding hydrogens is 220 g/mol. The van der Waals surface area contributed by atoms with Gasteiger partial charge >= 0.3 is 0 Å². The molecule has 1 aromatic carbocycles. The molecule has 0 radical (unpaired) electrons. The summed E-state index contributed by atoms with van der Waals surface area (Å²) in [5.74, 6) is 0.803. The second-order valence-corrected chi connectivity index (χ2v) is 5.69. The lowest BCUT2D eigenvalue weighted by molar-refractivity contribution is 0.480. The van der Waals surface area contributed by atoms with E-state index >= 15 is 0 Å². The largest absolute Gasteiger partial charge is 0.371 e. The number of benzene rings is 1. The highest BCUT2D eigenvalue weighted by Crippen LogP contribution is 2.24. The Balaban J connectivity index is 1.91. The molecular formula is C16H26N2. The van der Waals surface area contributed by atoms with Gasteiger partial charge in [-0.1, -0.05) is 32.9 Å². The Labute approximate surface area is 111 Å². The number of nitrogens with zero attached hydrogens (tertiary/aromatic N) is 1. The van der Waals surface area contributed by atoms with Crippen molar-refractivity contribution in [1.82, 2.24) is 5.32 Å². The normalized spacial score (nSPS) is 19.8. The first-order valence-corrected chi connectivity index (χ1v) is 7.26. The number of anilines is 1. The Morgan fingerprint density at radius 1 is 1.39 bits per heavy atom. The van der Waals surface area contributed by atoms with Gasteiger partial charge in [-0.15, -0.1) is 0 Å². The van der Waals surface area contributed by atoms with Gasteiger partial charge in [-0.05, 0) is 43.0 Å². The number of rotatable bonds is 5. The molecule has 1 N–H and O–H groups in total. The first-order valence-electron chi connectivity index (χ1n) is 7.26. The summed E-state index contributed by atoms with van der Waals surface area (Å²) in [5.41, 5.74) is 2.85. The van der Waals surface area contributed by atoms with Crippen molar-refractivity contribution < 1.29 is 0 Å². The van der Waals surface area contributed by atoms with Crippen LogP contribution in [0, 0.1) is 5.92 Å². The fourth-order valence-electron chi connectivity index (χ4n) is 2.61. The van der Waals surface area contributed by atoms with Crippen LogP contribution in [0.3, 0.4) is 0 Å². The van der Waals surface area contributed by atoms with E-state index in [0.717, 1.165) is 18.9 Å². The predicted molar refractivity (Wildman–Crippen MR) is 79.3 cm³/mol. The average Bonchev–Trinajstić information content (AvgIpc) is 2.85. The van der Waals surface area contributed by atoms with Crippen LogP contribution in [0.25, 0.3) is 0 Å². The van der Waals surface area contributed by atoms with Crippen LogP contribution in [0.1, 0.15) is 32.8 Å². The Morgan fingerprint density at radius 2 is 2.22 bits per heavy atom. The molecule has 2 nitrogen and oxygen atoms in total. The summed E-state index contributed by atoms with van der Waals surface area (Å²) >= 11 is 0. The Kier molecular flexibility index (Phi) is 4.65. The van der Waals surface area contributed by atoms with E-state index in [1.165, 1.54) is 30.8 Å². The fraction of sp³-hybridized carbons (Fsp3) is 0.625. The number of aryl methyl sites for hydroxylation is 1. The number of hydrogen-bond acceptors (Lipinski definition) is 2. The molecule has 1 fully saturated rings. The minimum absolute atomic E-state index is 0.600. The van der Waals surface area contributed by atoms with Crippen LogP contribution in [0.4, 0.5) is 5.69 Å². The van der Waals surface area contributed by atoms with E-state index in [4.69, 9.17) is 0 Å². The highest BCUT2D eigenvalue weighted by Gasteiger charge is 2.22. The maximum atomic E-state index is 3.56. The predicted octanol–water partition coefficient (Wildman–Crippen LogP) is 3.07. The summed E-state index contributed by atoms with van der Waals surface area (Å²) in [5, 5.41) is 3.56. The Morgan fingerprint density at radius 3 is 2.94 bits per heavy atom. The summed E-state index contributed by atoms with van der Waals surface area (Å²) in [7, 11) is 0. The molecule has 0 aromatic heterocycles. The number of hydrogen-bond donors (Lipinski definition) is 1. The highest BCUT2D eigenvalue weighted by atomic mass is 15.2.